The molecular formula is C16H30ClNO. The van der Waals surface area contributed by atoms with E-state index in [4.69, 9.17) is 11.6 Å². The fourth-order valence-electron chi connectivity index (χ4n) is 3.04. The molecule has 19 heavy (non-hydrogen) atoms. The Morgan fingerprint density at radius 3 is 2.32 bits per heavy atom. The average Bonchev–Trinajstić information content (AvgIpc) is 2.35. The minimum absolute atomic E-state index is 0.233. The molecule has 1 saturated carbocycles. The Balaban J connectivity index is 2.33. The normalized spacial score (nSPS) is 25.9. The van der Waals surface area contributed by atoms with Crippen LogP contribution >= 0.6 is 11.6 Å². The van der Waals surface area contributed by atoms with Gasteiger partial charge in [-0.15, -0.1) is 11.6 Å². The molecule has 0 saturated heterocycles. The van der Waals surface area contributed by atoms with Crippen LogP contribution in [0.15, 0.2) is 0 Å². The first-order valence-corrected chi connectivity index (χ1v) is 8.24. The summed E-state index contributed by atoms with van der Waals surface area (Å²) in [4.78, 5) is 12.2. The van der Waals surface area contributed by atoms with Crippen molar-refractivity contribution in [3.63, 3.8) is 0 Å². The Kier molecular flexibility index (Phi) is 6.65. The van der Waals surface area contributed by atoms with Crippen LogP contribution < -0.4 is 5.32 Å². The summed E-state index contributed by atoms with van der Waals surface area (Å²) in [5.41, 5.74) is 0.384. The van der Waals surface area contributed by atoms with E-state index in [1.807, 2.05) is 0 Å². The standard InChI is InChI=1S/C16H30ClNO/c1-12(6-5-11-17)18-15(19)13-7-9-14(10-8-13)16(2,3)4/h12-14H,5-11H2,1-4H3,(H,18,19). The van der Waals surface area contributed by atoms with E-state index in [2.05, 4.69) is 33.0 Å². The summed E-state index contributed by atoms with van der Waals surface area (Å²) in [6, 6.07) is 0.256. The predicted octanol–water partition coefficient (Wildman–Crippen LogP) is 4.36. The number of halogens is 1. The molecule has 1 unspecified atom stereocenters. The molecule has 0 aliphatic heterocycles. The van der Waals surface area contributed by atoms with E-state index in [-0.39, 0.29) is 17.9 Å². The summed E-state index contributed by atoms with van der Waals surface area (Å²) in [6.45, 7) is 9.01. The van der Waals surface area contributed by atoms with Gasteiger partial charge in [-0.25, -0.2) is 0 Å². The molecule has 1 atom stereocenters. The van der Waals surface area contributed by atoms with Gasteiger partial charge >= 0.3 is 0 Å². The van der Waals surface area contributed by atoms with Crippen LogP contribution in [0.4, 0.5) is 0 Å². The highest BCUT2D eigenvalue weighted by atomic mass is 35.5. The van der Waals surface area contributed by atoms with Crippen LogP contribution in [0.2, 0.25) is 0 Å². The van der Waals surface area contributed by atoms with E-state index in [0.717, 1.165) is 31.6 Å². The van der Waals surface area contributed by atoms with Gasteiger partial charge in [0.05, 0.1) is 0 Å². The van der Waals surface area contributed by atoms with Crippen LogP contribution in [0.5, 0.6) is 0 Å². The predicted molar refractivity (Wildman–Crippen MR) is 82.5 cm³/mol. The maximum Gasteiger partial charge on any atom is 0.223 e. The highest BCUT2D eigenvalue weighted by Gasteiger charge is 2.32. The van der Waals surface area contributed by atoms with E-state index in [1.54, 1.807) is 0 Å². The third-order valence-corrected chi connectivity index (χ3v) is 4.75. The van der Waals surface area contributed by atoms with Crippen molar-refractivity contribution >= 4 is 17.5 Å². The fourth-order valence-corrected chi connectivity index (χ4v) is 3.19. The first kappa shape index (κ1) is 16.8. The Morgan fingerprint density at radius 2 is 1.84 bits per heavy atom. The quantitative estimate of drug-likeness (QED) is 0.748. The molecule has 1 fully saturated rings. The van der Waals surface area contributed by atoms with Crippen molar-refractivity contribution in [2.75, 3.05) is 5.88 Å². The number of carbonyl (C=O) groups is 1. The smallest absolute Gasteiger partial charge is 0.223 e. The molecule has 0 aromatic carbocycles. The first-order valence-electron chi connectivity index (χ1n) is 7.71. The van der Waals surface area contributed by atoms with Crippen LogP contribution in [0.25, 0.3) is 0 Å². The largest absolute Gasteiger partial charge is 0.353 e. The van der Waals surface area contributed by atoms with Crippen molar-refractivity contribution in [3.8, 4) is 0 Å². The van der Waals surface area contributed by atoms with Gasteiger partial charge < -0.3 is 5.32 Å². The van der Waals surface area contributed by atoms with Gasteiger partial charge in [0.2, 0.25) is 5.91 Å². The van der Waals surface area contributed by atoms with Crippen molar-refractivity contribution in [1.82, 2.24) is 5.32 Å². The van der Waals surface area contributed by atoms with Gasteiger partial charge in [0.25, 0.3) is 0 Å². The van der Waals surface area contributed by atoms with Crippen LogP contribution in [-0.4, -0.2) is 17.8 Å². The van der Waals surface area contributed by atoms with Gasteiger partial charge in [0, 0.05) is 17.8 Å². The number of carbonyl (C=O) groups excluding carboxylic acids is 1. The summed E-state index contributed by atoms with van der Waals surface area (Å²) < 4.78 is 0. The van der Waals surface area contributed by atoms with Gasteiger partial charge in [-0.2, -0.15) is 0 Å². The van der Waals surface area contributed by atoms with Crippen molar-refractivity contribution in [1.29, 1.82) is 0 Å². The fraction of sp³-hybridized carbons (Fsp3) is 0.938. The number of nitrogens with one attached hydrogen (secondary N) is 1. The molecule has 2 nitrogen and oxygen atoms in total. The Bertz CT molecular complexity index is 277. The topological polar surface area (TPSA) is 29.1 Å². The van der Waals surface area contributed by atoms with Gasteiger partial charge in [-0.1, -0.05) is 20.8 Å². The molecule has 0 radical (unpaired) electrons. The van der Waals surface area contributed by atoms with Crippen LogP contribution in [-0.2, 0) is 4.79 Å². The van der Waals surface area contributed by atoms with Gasteiger partial charge in [-0.3, -0.25) is 4.79 Å². The molecule has 3 heteroatoms. The van der Waals surface area contributed by atoms with Crippen molar-refractivity contribution < 1.29 is 4.79 Å². The Morgan fingerprint density at radius 1 is 1.26 bits per heavy atom. The lowest BCUT2D eigenvalue weighted by Crippen LogP contribution is -2.39. The lowest BCUT2D eigenvalue weighted by Gasteiger charge is -2.36. The number of rotatable bonds is 5. The van der Waals surface area contributed by atoms with E-state index in [1.165, 1.54) is 12.8 Å². The van der Waals surface area contributed by atoms with Crippen molar-refractivity contribution in [2.24, 2.45) is 17.3 Å². The monoisotopic (exact) mass is 287 g/mol. The summed E-state index contributed by atoms with van der Waals surface area (Å²) in [5.74, 6) is 1.94. The van der Waals surface area contributed by atoms with Crippen LogP contribution in [0.1, 0.15) is 66.2 Å². The summed E-state index contributed by atoms with van der Waals surface area (Å²) in [6.07, 6.45) is 6.44. The first-order chi connectivity index (χ1) is 8.84. The summed E-state index contributed by atoms with van der Waals surface area (Å²) >= 11 is 5.68. The molecule has 0 spiro atoms. The number of hydrogen-bond donors (Lipinski definition) is 1. The summed E-state index contributed by atoms with van der Waals surface area (Å²) in [5, 5.41) is 3.14. The minimum Gasteiger partial charge on any atom is -0.353 e. The molecule has 1 amide bonds. The highest BCUT2D eigenvalue weighted by Crippen LogP contribution is 2.39. The molecule has 0 heterocycles. The summed E-state index contributed by atoms with van der Waals surface area (Å²) in [7, 11) is 0. The molecule has 1 rings (SSSR count). The average molecular weight is 288 g/mol. The highest BCUT2D eigenvalue weighted by molar-refractivity contribution is 6.17. The molecule has 112 valence electrons. The lowest BCUT2D eigenvalue weighted by atomic mass is 9.69. The van der Waals surface area contributed by atoms with Crippen molar-refractivity contribution in [2.45, 2.75) is 72.3 Å². The van der Waals surface area contributed by atoms with Crippen molar-refractivity contribution in [3.05, 3.63) is 0 Å². The second kappa shape index (κ2) is 7.52. The third kappa shape index (κ3) is 5.72. The molecule has 0 bridgehead atoms. The van der Waals surface area contributed by atoms with Crippen LogP contribution in [0.3, 0.4) is 0 Å². The zero-order valence-corrected chi connectivity index (χ0v) is 13.7. The number of alkyl halides is 1. The Labute approximate surface area is 123 Å². The van der Waals surface area contributed by atoms with Crippen LogP contribution in [0, 0.1) is 17.3 Å². The van der Waals surface area contributed by atoms with E-state index >= 15 is 0 Å². The molecule has 1 aliphatic rings. The number of amides is 1. The maximum atomic E-state index is 12.2. The molecular weight excluding hydrogens is 258 g/mol. The maximum absolute atomic E-state index is 12.2. The molecule has 1 aliphatic carbocycles. The zero-order chi connectivity index (χ0) is 14.5. The second-order valence-electron chi connectivity index (χ2n) is 7.16. The van der Waals surface area contributed by atoms with Gasteiger partial charge in [0.15, 0.2) is 0 Å². The minimum atomic E-state index is 0.233. The van der Waals surface area contributed by atoms with E-state index < -0.39 is 0 Å². The number of hydrogen-bond acceptors (Lipinski definition) is 1. The molecule has 0 aromatic heterocycles. The van der Waals surface area contributed by atoms with E-state index in [0.29, 0.717) is 11.3 Å². The molecule has 0 aromatic rings. The Hall–Kier alpha value is -0.240. The van der Waals surface area contributed by atoms with Gasteiger partial charge in [0.1, 0.15) is 0 Å². The van der Waals surface area contributed by atoms with E-state index in [9.17, 15) is 4.79 Å². The second-order valence-corrected chi connectivity index (χ2v) is 7.53. The lowest BCUT2D eigenvalue weighted by molar-refractivity contribution is -0.127. The SMILES string of the molecule is CC(CCCCl)NC(=O)C1CCC(C(C)(C)C)CC1. The zero-order valence-electron chi connectivity index (χ0n) is 13.0. The third-order valence-electron chi connectivity index (χ3n) is 4.48. The van der Waals surface area contributed by atoms with Gasteiger partial charge in [-0.05, 0) is 56.8 Å². The molecule has 1 N–H and O–H groups in total.